The summed E-state index contributed by atoms with van der Waals surface area (Å²) >= 11 is 12.1. The van der Waals surface area contributed by atoms with E-state index in [0.717, 1.165) is 51.4 Å². The second kappa shape index (κ2) is 11.1. The number of Topliss-reactive ketones (excluding diaryl/α,β-unsaturated/α-hetero) is 1. The summed E-state index contributed by atoms with van der Waals surface area (Å²) in [7, 11) is 0. The summed E-state index contributed by atoms with van der Waals surface area (Å²) in [5.74, 6) is -0.267. The summed E-state index contributed by atoms with van der Waals surface area (Å²) < 4.78 is 0. The van der Waals surface area contributed by atoms with Gasteiger partial charge in [-0.05, 0) is 31.0 Å². The second-order valence-corrected chi connectivity index (χ2v) is 7.45. The van der Waals surface area contributed by atoms with Crippen LogP contribution in [-0.2, 0) is 0 Å². The third kappa shape index (κ3) is 6.74. The number of carbonyl (C=O) groups excluding carboxylic acids is 1. The number of aliphatic hydroxyl groups is 1. The van der Waals surface area contributed by atoms with E-state index in [4.69, 9.17) is 23.2 Å². The highest BCUT2D eigenvalue weighted by Crippen LogP contribution is 2.31. The minimum Gasteiger partial charge on any atom is -0.382 e. The van der Waals surface area contributed by atoms with E-state index in [1.165, 1.54) is 0 Å². The highest BCUT2D eigenvalue weighted by atomic mass is 35.5. The molecular weight excluding hydrogens is 343 g/mol. The summed E-state index contributed by atoms with van der Waals surface area (Å²) in [5, 5.41) is 11.9. The van der Waals surface area contributed by atoms with Crippen LogP contribution in [0.5, 0.6) is 0 Å². The molecule has 0 aromatic heterocycles. The summed E-state index contributed by atoms with van der Waals surface area (Å²) in [6, 6.07) is 4.83. The van der Waals surface area contributed by atoms with Gasteiger partial charge >= 0.3 is 0 Å². The summed E-state index contributed by atoms with van der Waals surface area (Å²) in [4.78, 5) is 12.9. The van der Waals surface area contributed by atoms with Crippen LogP contribution in [-0.4, -0.2) is 16.5 Å². The molecule has 0 saturated carbocycles. The Bertz CT molecular complexity index is 502. The Morgan fingerprint density at radius 3 is 1.96 bits per heavy atom. The van der Waals surface area contributed by atoms with Gasteiger partial charge in [-0.15, -0.1) is 0 Å². The molecule has 136 valence electrons. The van der Waals surface area contributed by atoms with Crippen molar-refractivity contribution in [1.82, 2.24) is 0 Å². The van der Waals surface area contributed by atoms with Gasteiger partial charge in [-0.1, -0.05) is 88.4 Å². The van der Waals surface area contributed by atoms with Crippen molar-refractivity contribution in [2.75, 3.05) is 0 Å². The average Bonchev–Trinajstić information content (AvgIpc) is 2.55. The van der Waals surface area contributed by atoms with Crippen LogP contribution in [0.25, 0.3) is 0 Å². The van der Waals surface area contributed by atoms with E-state index in [-0.39, 0.29) is 5.78 Å². The molecule has 1 aromatic rings. The van der Waals surface area contributed by atoms with Gasteiger partial charge in [-0.2, -0.15) is 0 Å². The zero-order valence-corrected chi connectivity index (χ0v) is 16.4. The van der Waals surface area contributed by atoms with Crippen LogP contribution >= 0.6 is 23.2 Å². The molecule has 0 heterocycles. The fourth-order valence-electron chi connectivity index (χ4n) is 2.96. The van der Waals surface area contributed by atoms with Crippen LogP contribution in [0.3, 0.4) is 0 Å². The normalized spacial score (nSPS) is 11.7. The Morgan fingerprint density at radius 1 is 0.958 bits per heavy atom. The highest BCUT2D eigenvalue weighted by molar-refractivity contribution is 6.37. The number of halogens is 2. The maximum Gasteiger partial charge on any atom is 0.195 e. The van der Waals surface area contributed by atoms with Gasteiger partial charge in [0.1, 0.15) is 5.60 Å². The first-order valence-electron chi connectivity index (χ1n) is 9.17. The van der Waals surface area contributed by atoms with Gasteiger partial charge in [0, 0.05) is 10.6 Å². The Kier molecular flexibility index (Phi) is 9.95. The first kappa shape index (κ1) is 21.5. The van der Waals surface area contributed by atoms with E-state index >= 15 is 0 Å². The fraction of sp³-hybridized carbons (Fsp3) is 0.650. The number of ketones is 1. The zero-order valence-electron chi connectivity index (χ0n) is 14.9. The number of hydrogen-bond donors (Lipinski definition) is 1. The molecule has 1 aromatic carbocycles. The van der Waals surface area contributed by atoms with E-state index < -0.39 is 5.60 Å². The number of unbranched alkanes of at least 4 members (excludes halogenated alkanes) is 6. The molecule has 2 nitrogen and oxygen atoms in total. The van der Waals surface area contributed by atoms with Crippen LogP contribution in [0, 0.1) is 0 Å². The van der Waals surface area contributed by atoms with Crippen molar-refractivity contribution < 1.29 is 9.90 Å². The molecule has 24 heavy (non-hydrogen) atoms. The number of hydrogen-bond acceptors (Lipinski definition) is 2. The summed E-state index contributed by atoms with van der Waals surface area (Å²) in [6.07, 6.45) is 9.30. The van der Waals surface area contributed by atoms with Gasteiger partial charge < -0.3 is 5.11 Å². The topological polar surface area (TPSA) is 37.3 Å². The van der Waals surface area contributed by atoms with Gasteiger partial charge in [-0.25, -0.2) is 0 Å². The lowest BCUT2D eigenvalue weighted by molar-refractivity contribution is 0.0198. The molecule has 0 amide bonds. The predicted octanol–water partition coefficient (Wildman–Crippen LogP) is 6.85. The van der Waals surface area contributed by atoms with Crippen molar-refractivity contribution in [3.63, 3.8) is 0 Å². The van der Waals surface area contributed by atoms with Crippen LogP contribution in [0.2, 0.25) is 10.0 Å². The van der Waals surface area contributed by atoms with Gasteiger partial charge in [0.25, 0.3) is 0 Å². The summed E-state index contributed by atoms with van der Waals surface area (Å²) in [5.41, 5.74) is -0.951. The maximum absolute atomic E-state index is 12.9. The third-order valence-corrected chi connectivity index (χ3v) is 5.03. The molecule has 0 fully saturated rings. The van der Waals surface area contributed by atoms with E-state index in [9.17, 15) is 9.90 Å². The van der Waals surface area contributed by atoms with E-state index in [1.54, 1.807) is 18.2 Å². The smallest absolute Gasteiger partial charge is 0.195 e. The molecule has 0 aliphatic heterocycles. The molecule has 0 saturated heterocycles. The molecule has 1 N–H and O–H groups in total. The Morgan fingerprint density at radius 2 is 1.50 bits per heavy atom. The molecule has 0 aliphatic carbocycles. The fourth-order valence-corrected chi connectivity index (χ4v) is 3.46. The zero-order chi connectivity index (χ0) is 18.0. The van der Waals surface area contributed by atoms with Crippen molar-refractivity contribution in [1.29, 1.82) is 0 Å². The van der Waals surface area contributed by atoms with Crippen molar-refractivity contribution >= 4 is 29.0 Å². The molecule has 0 unspecified atom stereocenters. The number of benzene rings is 1. The lowest BCUT2D eigenvalue weighted by Gasteiger charge is -2.27. The predicted molar refractivity (Wildman–Crippen MR) is 103 cm³/mol. The molecule has 4 heteroatoms. The number of rotatable bonds is 12. The molecule has 0 atom stereocenters. The minimum atomic E-state index is -1.32. The van der Waals surface area contributed by atoms with Crippen molar-refractivity contribution in [3.8, 4) is 0 Å². The first-order valence-corrected chi connectivity index (χ1v) is 9.92. The van der Waals surface area contributed by atoms with Gasteiger partial charge in [0.15, 0.2) is 5.78 Å². The van der Waals surface area contributed by atoms with Crippen molar-refractivity contribution in [3.05, 3.63) is 33.8 Å². The molecule has 0 aliphatic rings. The van der Waals surface area contributed by atoms with Gasteiger partial charge in [0.2, 0.25) is 0 Å². The van der Waals surface area contributed by atoms with Crippen molar-refractivity contribution in [2.24, 2.45) is 0 Å². The standard InChI is InChI=1S/C20H30Cl2O2/c1-3-5-7-9-13-20(24,14-10-8-6-4-2)19(23)17-12-11-16(21)15-18(17)22/h11-12,15,24H,3-10,13-14H2,1-2H3. The quantitative estimate of drug-likeness (QED) is 0.321. The van der Waals surface area contributed by atoms with E-state index in [1.807, 2.05) is 0 Å². The number of carbonyl (C=O) groups is 1. The average molecular weight is 373 g/mol. The highest BCUT2D eigenvalue weighted by Gasteiger charge is 2.36. The molecule has 1 rings (SSSR count). The summed E-state index contributed by atoms with van der Waals surface area (Å²) in [6.45, 7) is 4.30. The molecule has 0 spiro atoms. The van der Waals surface area contributed by atoms with Crippen molar-refractivity contribution in [2.45, 2.75) is 83.7 Å². The molecule has 0 radical (unpaired) electrons. The van der Waals surface area contributed by atoms with Crippen LogP contribution < -0.4 is 0 Å². The van der Waals surface area contributed by atoms with E-state index in [0.29, 0.717) is 28.5 Å². The lowest BCUT2D eigenvalue weighted by Crippen LogP contribution is -2.39. The SMILES string of the molecule is CCCCCCC(O)(CCCCCC)C(=O)c1ccc(Cl)cc1Cl. The monoisotopic (exact) mass is 372 g/mol. The van der Waals surface area contributed by atoms with Crippen LogP contribution in [0.15, 0.2) is 18.2 Å². The van der Waals surface area contributed by atoms with Crippen LogP contribution in [0.4, 0.5) is 0 Å². The Balaban J connectivity index is 2.86. The largest absolute Gasteiger partial charge is 0.382 e. The third-order valence-electron chi connectivity index (χ3n) is 4.49. The maximum atomic E-state index is 12.9. The second-order valence-electron chi connectivity index (χ2n) is 6.61. The van der Waals surface area contributed by atoms with Crippen LogP contribution in [0.1, 0.15) is 88.4 Å². The molecular formula is C20H30Cl2O2. The molecule has 0 bridgehead atoms. The van der Waals surface area contributed by atoms with Gasteiger partial charge in [0.05, 0.1) is 5.02 Å². The van der Waals surface area contributed by atoms with E-state index in [2.05, 4.69) is 13.8 Å². The Hall–Kier alpha value is -0.570. The first-order chi connectivity index (χ1) is 11.4. The lowest BCUT2D eigenvalue weighted by atomic mass is 9.83. The minimum absolute atomic E-state index is 0.267. The Labute approximate surface area is 156 Å². The van der Waals surface area contributed by atoms with Gasteiger partial charge in [-0.3, -0.25) is 4.79 Å².